The van der Waals surface area contributed by atoms with Gasteiger partial charge in [0, 0.05) is 11.1 Å². The first-order valence-electron chi connectivity index (χ1n) is 17.0. The summed E-state index contributed by atoms with van der Waals surface area (Å²) in [6.45, 7) is 0. The summed E-state index contributed by atoms with van der Waals surface area (Å²) in [6.07, 6.45) is 0. The lowest BCUT2D eigenvalue weighted by Gasteiger charge is -2.22. The maximum Gasteiger partial charge on any atom is 0.195 e. The van der Waals surface area contributed by atoms with Gasteiger partial charge in [-0.15, -0.1) is 0 Å². The van der Waals surface area contributed by atoms with Crippen molar-refractivity contribution in [3.63, 3.8) is 0 Å². The Morgan fingerprint density at radius 3 is 0.660 bits per heavy atom. The molecular weight excluding hydrogens is 605 g/mol. The summed E-state index contributed by atoms with van der Waals surface area (Å²) in [6, 6.07) is 70.8. The van der Waals surface area contributed by atoms with Gasteiger partial charge in [-0.25, -0.2) is 0 Å². The van der Waals surface area contributed by atoms with Crippen molar-refractivity contribution >= 4 is 5.78 Å². The van der Waals surface area contributed by atoms with E-state index in [1.165, 1.54) is 0 Å². The van der Waals surface area contributed by atoms with E-state index in [0.717, 1.165) is 66.8 Å². The van der Waals surface area contributed by atoms with E-state index < -0.39 is 0 Å². The largest absolute Gasteiger partial charge is 0.289 e. The van der Waals surface area contributed by atoms with Crippen LogP contribution in [-0.4, -0.2) is 5.78 Å². The highest BCUT2D eigenvalue weighted by atomic mass is 16.1. The van der Waals surface area contributed by atoms with Crippen molar-refractivity contribution in [3.8, 4) is 66.8 Å². The number of carbonyl (C=O) groups excluding carboxylic acids is 1. The van der Waals surface area contributed by atoms with Crippen LogP contribution in [0.5, 0.6) is 0 Å². The van der Waals surface area contributed by atoms with Gasteiger partial charge in [0.05, 0.1) is 0 Å². The molecule has 0 aromatic heterocycles. The van der Waals surface area contributed by atoms with Crippen molar-refractivity contribution in [2.45, 2.75) is 0 Å². The van der Waals surface area contributed by atoms with Crippen LogP contribution in [-0.2, 0) is 0 Å². The highest BCUT2D eigenvalue weighted by molar-refractivity contribution is 6.23. The van der Waals surface area contributed by atoms with Gasteiger partial charge in [0.15, 0.2) is 5.78 Å². The molecule has 1 nitrogen and oxygen atoms in total. The molecule has 0 fully saturated rings. The highest BCUT2D eigenvalue weighted by Gasteiger charge is 2.27. The molecule has 50 heavy (non-hydrogen) atoms. The van der Waals surface area contributed by atoms with Crippen molar-refractivity contribution in [2.75, 3.05) is 0 Å². The highest BCUT2D eigenvalue weighted by Crippen LogP contribution is 2.43. The predicted octanol–water partition coefficient (Wildman–Crippen LogP) is 12.9. The fraction of sp³-hybridized carbons (Fsp3) is 0. The van der Waals surface area contributed by atoms with E-state index in [4.69, 9.17) is 0 Å². The van der Waals surface area contributed by atoms with Crippen LogP contribution in [0, 0.1) is 0 Å². The Balaban J connectivity index is 1.49. The van der Waals surface area contributed by atoms with E-state index in [1.807, 2.05) is 84.9 Å². The Kier molecular flexibility index (Phi) is 8.54. The van der Waals surface area contributed by atoms with Gasteiger partial charge in [0.1, 0.15) is 0 Å². The van der Waals surface area contributed by atoms with E-state index in [0.29, 0.717) is 11.1 Å². The Morgan fingerprint density at radius 2 is 0.440 bits per heavy atom. The van der Waals surface area contributed by atoms with Crippen LogP contribution in [0.25, 0.3) is 66.8 Å². The molecule has 0 aliphatic heterocycles. The van der Waals surface area contributed by atoms with Gasteiger partial charge < -0.3 is 0 Å². The summed E-state index contributed by atoms with van der Waals surface area (Å²) in [7, 11) is 0. The first kappa shape index (κ1) is 30.7. The van der Waals surface area contributed by atoms with Crippen LogP contribution >= 0.6 is 0 Å². The average Bonchev–Trinajstić information content (AvgIpc) is 3.21. The van der Waals surface area contributed by atoms with E-state index in [-0.39, 0.29) is 5.78 Å². The van der Waals surface area contributed by atoms with Crippen molar-refractivity contribution in [1.29, 1.82) is 0 Å². The second-order valence-corrected chi connectivity index (χ2v) is 12.4. The zero-order valence-electron chi connectivity index (χ0n) is 27.5. The molecule has 0 aliphatic carbocycles. The predicted molar refractivity (Wildman–Crippen MR) is 209 cm³/mol. The van der Waals surface area contributed by atoms with E-state index in [9.17, 15) is 0 Å². The first-order valence-corrected chi connectivity index (χ1v) is 17.0. The zero-order chi connectivity index (χ0) is 33.7. The Labute approximate surface area is 293 Å². The molecule has 0 aliphatic rings. The third-order valence-electron chi connectivity index (χ3n) is 9.28. The Morgan fingerprint density at radius 1 is 0.240 bits per heavy atom. The number of carbonyl (C=O) groups is 1. The summed E-state index contributed by atoms with van der Waals surface area (Å²) < 4.78 is 0. The molecule has 1 heteroatoms. The maximum atomic E-state index is 15.9. The first-order chi connectivity index (χ1) is 24.7. The van der Waals surface area contributed by atoms with Crippen LogP contribution in [0.15, 0.2) is 206 Å². The minimum atomic E-state index is -0.0142. The van der Waals surface area contributed by atoms with Crippen LogP contribution < -0.4 is 0 Å². The summed E-state index contributed by atoms with van der Waals surface area (Å²) in [5.41, 5.74) is 13.3. The third kappa shape index (κ3) is 6.09. The summed E-state index contributed by atoms with van der Waals surface area (Å²) >= 11 is 0. The van der Waals surface area contributed by atoms with Gasteiger partial charge in [0.2, 0.25) is 0 Å². The van der Waals surface area contributed by atoms with Crippen molar-refractivity contribution in [1.82, 2.24) is 0 Å². The molecule has 8 aromatic rings. The maximum absolute atomic E-state index is 15.9. The molecule has 0 bridgehead atoms. The lowest BCUT2D eigenvalue weighted by molar-refractivity contribution is 0.104. The third-order valence-corrected chi connectivity index (χ3v) is 9.28. The molecule has 0 radical (unpaired) electrons. The van der Waals surface area contributed by atoms with E-state index in [1.54, 1.807) is 0 Å². The van der Waals surface area contributed by atoms with Crippen molar-refractivity contribution in [3.05, 3.63) is 217 Å². The lowest BCUT2D eigenvalue weighted by atomic mass is 9.80. The molecule has 0 spiro atoms. The molecule has 0 amide bonds. The van der Waals surface area contributed by atoms with Crippen LogP contribution in [0.2, 0.25) is 0 Å². The van der Waals surface area contributed by atoms with Crippen LogP contribution in [0.1, 0.15) is 15.9 Å². The zero-order valence-corrected chi connectivity index (χ0v) is 27.5. The van der Waals surface area contributed by atoms with Gasteiger partial charge >= 0.3 is 0 Å². The fourth-order valence-electron chi connectivity index (χ4n) is 6.87. The fourth-order valence-corrected chi connectivity index (χ4v) is 6.87. The number of hydrogen-bond acceptors (Lipinski definition) is 1. The second kappa shape index (κ2) is 13.9. The Hall–Kier alpha value is -6.57. The topological polar surface area (TPSA) is 17.1 Å². The van der Waals surface area contributed by atoms with E-state index in [2.05, 4.69) is 121 Å². The van der Waals surface area contributed by atoms with E-state index >= 15 is 4.79 Å². The monoisotopic (exact) mass is 638 g/mol. The number of hydrogen-bond donors (Lipinski definition) is 0. The average molecular weight is 639 g/mol. The molecule has 0 saturated heterocycles. The SMILES string of the molecule is O=C(c1c(-c2ccccc2)cc(-c2ccccc2)cc1-c1ccccc1)c1c(-c2ccccc2)cc(-c2ccccc2)cc1-c1ccccc1. The minimum absolute atomic E-state index is 0.0142. The summed E-state index contributed by atoms with van der Waals surface area (Å²) in [5, 5.41) is 0. The molecule has 8 aromatic carbocycles. The lowest BCUT2D eigenvalue weighted by Crippen LogP contribution is -2.11. The number of ketones is 1. The van der Waals surface area contributed by atoms with Gasteiger partial charge in [-0.05, 0) is 91.0 Å². The molecule has 236 valence electrons. The quantitative estimate of drug-likeness (QED) is 0.151. The molecule has 0 atom stereocenters. The standard InChI is InChI=1S/C49H34O/c50-49(47-43(37-23-11-3-12-24-37)31-41(35-19-7-1-8-20-35)32-44(47)38-25-13-4-14-26-38)48-45(39-27-15-5-16-28-39)33-42(36-21-9-2-10-22-36)34-46(48)40-29-17-6-18-30-40/h1-34H. The summed E-state index contributed by atoms with van der Waals surface area (Å²) in [4.78, 5) is 15.9. The molecule has 8 rings (SSSR count). The van der Waals surface area contributed by atoms with Crippen LogP contribution in [0.3, 0.4) is 0 Å². The van der Waals surface area contributed by atoms with Gasteiger partial charge in [-0.3, -0.25) is 4.79 Å². The number of benzene rings is 8. The molecule has 0 unspecified atom stereocenters. The van der Waals surface area contributed by atoms with Gasteiger partial charge in [-0.2, -0.15) is 0 Å². The summed E-state index contributed by atoms with van der Waals surface area (Å²) in [5.74, 6) is -0.0142. The Bertz CT molecular complexity index is 2090. The second-order valence-electron chi connectivity index (χ2n) is 12.4. The smallest absolute Gasteiger partial charge is 0.195 e. The molecule has 0 heterocycles. The molecular formula is C49H34O. The normalized spacial score (nSPS) is 10.9. The molecule has 0 N–H and O–H groups in total. The van der Waals surface area contributed by atoms with Gasteiger partial charge in [-0.1, -0.05) is 182 Å². The van der Waals surface area contributed by atoms with Gasteiger partial charge in [0.25, 0.3) is 0 Å². The molecule has 0 saturated carbocycles. The minimum Gasteiger partial charge on any atom is -0.289 e. The number of rotatable bonds is 8. The van der Waals surface area contributed by atoms with Crippen molar-refractivity contribution < 1.29 is 4.79 Å². The van der Waals surface area contributed by atoms with Crippen LogP contribution in [0.4, 0.5) is 0 Å². The van der Waals surface area contributed by atoms with Crippen molar-refractivity contribution in [2.24, 2.45) is 0 Å².